The van der Waals surface area contributed by atoms with E-state index in [2.05, 4.69) is 25.6 Å². The number of piperidine rings is 1. The SMILES string of the molecule is O=C(NC1CCNCC1)c1cn[nH]c1-c1cccc(OC(F)F)c1. The molecule has 3 rings (SSSR count). The maximum Gasteiger partial charge on any atom is 0.387 e. The van der Waals surface area contributed by atoms with Crippen molar-refractivity contribution in [3.05, 3.63) is 36.0 Å². The summed E-state index contributed by atoms with van der Waals surface area (Å²) in [6, 6.07) is 6.28. The van der Waals surface area contributed by atoms with Gasteiger partial charge in [-0.15, -0.1) is 0 Å². The number of benzene rings is 1. The molecular weight excluding hydrogens is 318 g/mol. The summed E-state index contributed by atoms with van der Waals surface area (Å²) in [6.07, 6.45) is 3.18. The van der Waals surface area contributed by atoms with Crippen LogP contribution in [0.15, 0.2) is 30.5 Å². The van der Waals surface area contributed by atoms with Crippen LogP contribution in [0.2, 0.25) is 0 Å². The van der Waals surface area contributed by atoms with Crippen LogP contribution in [0.4, 0.5) is 8.78 Å². The number of nitrogens with one attached hydrogen (secondary N) is 3. The van der Waals surface area contributed by atoms with Gasteiger partial charge in [-0.1, -0.05) is 12.1 Å². The second kappa shape index (κ2) is 7.39. The molecule has 0 bridgehead atoms. The van der Waals surface area contributed by atoms with Crippen molar-refractivity contribution in [1.82, 2.24) is 20.8 Å². The fourth-order valence-corrected chi connectivity index (χ4v) is 2.74. The van der Waals surface area contributed by atoms with Gasteiger partial charge in [0.1, 0.15) is 5.75 Å². The molecule has 6 nitrogen and oxygen atoms in total. The van der Waals surface area contributed by atoms with E-state index in [1.165, 1.54) is 18.3 Å². The summed E-state index contributed by atoms with van der Waals surface area (Å²) >= 11 is 0. The van der Waals surface area contributed by atoms with Crippen LogP contribution in [0.25, 0.3) is 11.3 Å². The van der Waals surface area contributed by atoms with Crippen LogP contribution < -0.4 is 15.4 Å². The molecule has 3 N–H and O–H groups in total. The van der Waals surface area contributed by atoms with E-state index >= 15 is 0 Å². The molecule has 8 heteroatoms. The second-order valence-electron chi connectivity index (χ2n) is 5.56. The molecule has 0 unspecified atom stereocenters. The predicted octanol–water partition coefficient (Wildman–Crippen LogP) is 2.16. The van der Waals surface area contributed by atoms with Crippen LogP contribution in [-0.2, 0) is 0 Å². The molecule has 1 amide bonds. The molecule has 128 valence electrons. The Hall–Kier alpha value is -2.48. The number of carbonyl (C=O) groups is 1. The molecule has 1 aliphatic heterocycles. The van der Waals surface area contributed by atoms with Gasteiger partial charge in [-0.05, 0) is 38.1 Å². The van der Waals surface area contributed by atoms with Crippen molar-refractivity contribution in [3.8, 4) is 17.0 Å². The number of aromatic nitrogens is 2. The van der Waals surface area contributed by atoms with Gasteiger partial charge in [-0.2, -0.15) is 13.9 Å². The summed E-state index contributed by atoms with van der Waals surface area (Å²) in [4.78, 5) is 12.5. The zero-order valence-corrected chi connectivity index (χ0v) is 12.9. The van der Waals surface area contributed by atoms with E-state index in [4.69, 9.17) is 0 Å². The number of alkyl halides is 2. The zero-order chi connectivity index (χ0) is 16.9. The first-order valence-electron chi connectivity index (χ1n) is 7.73. The van der Waals surface area contributed by atoms with Crippen molar-refractivity contribution in [2.45, 2.75) is 25.5 Å². The topological polar surface area (TPSA) is 79.0 Å². The molecule has 1 saturated heterocycles. The van der Waals surface area contributed by atoms with Gasteiger partial charge in [-0.3, -0.25) is 9.89 Å². The average Bonchev–Trinajstić information content (AvgIpc) is 3.05. The average molecular weight is 336 g/mol. The quantitative estimate of drug-likeness (QED) is 0.782. The summed E-state index contributed by atoms with van der Waals surface area (Å²) in [7, 11) is 0. The first-order chi connectivity index (χ1) is 11.6. The lowest BCUT2D eigenvalue weighted by molar-refractivity contribution is -0.0498. The van der Waals surface area contributed by atoms with Crippen LogP contribution in [0.3, 0.4) is 0 Å². The third-order valence-electron chi connectivity index (χ3n) is 3.91. The van der Waals surface area contributed by atoms with Crippen molar-refractivity contribution < 1.29 is 18.3 Å². The molecule has 24 heavy (non-hydrogen) atoms. The molecule has 0 spiro atoms. The van der Waals surface area contributed by atoms with Crippen LogP contribution in [0.1, 0.15) is 23.2 Å². The minimum absolute atomic E-state index is 0.0295. The lowest BCUT2D eigenvalue weighted by Gasteiger charge is -2.23. The van der Waals surface area contributed by atoms with E-state index in [-0.39, 0.29) is 17.7 Å². The van der Waals surface area contributed by atoms with E-state index in [1.54, 1.807) is 12.1 Å². The molecular formula is C16H18F2N4O2. The van der Waals surface area contributed by atoms with Gasteiger partial charge < -0.3 is 15.4 Å². The van der Waals surface area contributed by atoms with Crippen molar-refractivity contribution in [2.24, 2.45) is 0 Å². The van der Waals surface area contributed by atoms with Crippen LogP contribution in [0, 0.1) is 0 Å². The number of rotatable bonds is 5. The van der Waals surface area contributed by atoms with Crippen LogP contribution in [-0.4, -0.2) is 41.8 Å². The normalized spacial score (nSPS) is 15.5. The summed E-state index contributed by atoms with van der Waals surface area (Å²) in [5, 5.41) is 12.9. The smallest absolute Gasteiger partial charge is 0.387 e. The van der Waals surface area contributed by atoms with Crippen molar-refractivity contribution >= 4 is 5.91 Å². The van der Waals surface area contributed by atoms with Crippen LogP contribution >= 0.6 is 0 Å². The van der Waals surface area contributed by atoms with Crippen LogP contribution in [0.5, 0.6) is 5.75 Å². The number of H-pyrrole nitrogens is 1. The van der Waals surface area contributed by atoms with Gasteiger partial charge in [0.05, 0.1) is 17.5 Å². The molecule has 1 aliphatic rings. The van der Waals surface area contributed by atoms with Crippen molar-refractivity contribution in [2.75, 3.05) is 13.1 Å². The molecule has 2 heterocycles. The lowest BCUT2D eigenvalue weighted by atomic mass is 10.0. The number of amides is 1. The fraction of sp³-hybridized carbons (Fsp3) is 0.375. The molecule has 2 aromatic rings. The maximum absolute atomic E-state index is 12.5. The Labute approximate surface area is 137 Å². The Balaban J connectivity index is 1.78. The second-order valence-corrected chi connectivity index (χ2v) is 5.56. The van der Waals surface area contributed by atoms with Gasteiger partial charge in [0, 0.05) is 11.6 Å². The molecule has 0 saturated carbocycles. The number of ether oxygens (including phenoxy) is 1. The Bertz CT molecular complexity index is 699. The monoisotopic (exact) mass is 336 g/mol. The highest BCUT2D eigenvalue weighted by molar-refractivity contribution is 5.99. The van der Waals surface area contributed by atoms with Gasteiger partial charge in [-0.25, -0.2) is 0 Å². The molecule has 0 radical (unpaired) electrons. The summed E-state index contributed by atoms with van der Waals surface area (Å²) in [6.45, 7) is -1.16. The molecule has 0 atom stereocenters. The fourth-order valence-electron chi connectivity index (χ4n) is 2.74. The zero-order valence-electron chi connectivity index (χ0n) is 12.9. The number of halogens is 2. The van der Waals surface area contributed by atoms with Gasteiger partial charge >= 0.3 is 6.61 Å². The van der Waals surface area contributed by atoms with Gasteiger partial charge in [0.25, 0.3) is 5.91 Å². The maximum atomic E-state index is 12.5. The van der Waals surface area contributed by atoms with E-state index < -0.39 is 6.61 Å². The number of nitrogens with zero attached hydrogens (tertiary/aromatic N) is 1. The standard InChI is InChI=1S/C16H18F2N4O2/c17-16(18)24-12-3-1-2-10(8-12)14-13(9-20-22-14)15(23)21-11-4-6-19-7-5-11/h1-3,8-9,11,16,19H,4-7H2,(H,20,22)(H,21,23). The van der Waals surface area contributed by atoms with E-state index in [0.717, 1.165) is 25.9 Å². The predicted molar refractivity (Wildman–Crippen MR) is 84.0 cm³/mol. The van der Waals surface area contributed by atoms with Gasteiger partial charge in [0.15, 0.2) is 0 Å². The summed E-state index contributed by atoms with van der Waals surface area (Å²) in [5.41, 5.74) is 1.41. The Morgan fingerprint density at radius 3 is 2.88 bits per heavy atom. The summed E-state index contributed by atoms with van der Waals surface area (Å²) < 4.78 is 29.1. The highest BCUT2D eigenvalue weighted by Gasteiger charge is 2.20. The summed E-state index contributed by atoms with van der Waals surface area (Å²) in [5.74, 6) is -0.201. The number of carbonyl (C=O) groups excluding carboxylic acids is 1. The van der Waals surface area contributed by atoms with E-state index in [1.807, 2.05) is 0 Å². The number of hydrogen-bond donors (Lipinski definition) is 3. The van der Waals surface area contributed by atoms with Crippen molar-refractivity contribution in [3.63, 3.8) is 0 Å². The van der Waals surface area contributed by atoms with E-state index in [0.29, 0.717) is 16.8 Å². The largest absolute Gasteiger partial charge is 0.435 e. The van der Waals surface area contributed by atoms with E-state index in [9.17, 15) is 13.6 Å². The third kappa shape index (κ3) is 3.88. The number of aromatic amines is 1. The first-order valence-corrected chi connectivity index (χ1v) is 7.73. The molecule has 1 fully saturated rings. The minimum atomic E-state index is -2.90. The minimum Gasteiger partial charge on any atom is -0.435 e. The number of hydrogen-bond acceptors (Lipinski definition) is 4. The molecule has 0 aliphatic carbocycles. The Morgan fingerprint density at radius 2 is 2.12 bits per heavy atom. The molecule has 1 aromatic carbocycles. The highest BCUT2D eigenvalue weighted by Crippen LogP contribution is 2.26. The first kappa shape index (κ1) is 16.4. The van der Waals surface area contributed by atoms with Crippen molar-refractivity contribution in [1.29, 1.82) is 0 Å². The Morgan fingerprint density at radius 1 is 1.33 bits per heavy atom. The van der Waals surface area contributed by atoms with Gasteiger partial charge in [0.2, 0.25) is 0 Å². The Kier molecular flexibility index (Phi) is 5.05. The lowest BCUT2D eigenvalue weighted by Crippen LogP contribution is -2.42. The molecule has 1 aromatic heterocycles. The highest BCUT2D eigenvalue weighted by atomic mass is 19.3. The third-order valence-corrected chi connectivity index (χ3v) is 3.91.